The number of hydrogen-bond acceptors (Lipinski definition) is 3. The third-order valence-corrected chi connectivity index (χ3v) is 5.34. The Kier molecular flexibility index (Phi) is 5.05. The monoisotopic (exact) mass is 332 g/mol. The summed E-state index contributed by atoms with van der Waals surface area (Å²) in [5.41, 5.74) is 8.62. The van der Waals surface area contributed by atoms with Crippen molar-refractivity contribution >= 4 is 11.6 Å². The average Bonchev–Trinajstić information content (AvgIpc) is 2.99. The maximum absolute atomic E-state index is 6.17. The summed E-state index contributed by atoms with van der Waals surface area (Å²) in [6.45, 7) is 1.51. The maximum atomic E-state index is 6.17. The van der Waals surface area contributed by atoms with Gasteiger partial charge in [0.15, 0.2) is 0 Å². The molecule has 0 atom stereocenters. The molecule has 5 heteroatoms. The van der Waals surface area contributed by atoms with Gasteiger partial charge in [-0.05, 0) is 43.4 Å². The Morgan fingerprint density at radius 2 is 2.17 bits per heavy atom. The number of benzene rings is 1. The molecule has 0 saturated heterocycles. The van der Waals surface area contributed by atoms with Gasteiger partial charge in [-0.15, -0.1) is 0 Å². The molecule has 0 bridgehead atoms. The first-order chi connectivity index (χ1) is 11.1. The van der Waals surface area contributed by atoms with Crippen LogP contribution in [0.15, 0.2) is 36.8 Å². The molecule has 3 rings (SSSR count). The van der Waals surface area contributed by atoms with Crippen molar-refractivity contribution < 1.29 is 0 Å². The predicted molar refractivity (Wildman–Crippen MR) is 94.5 cm³/mol. The lowest BCUT2D eigenvalue weighted by molar-refractivity contribution is 0.250. The molecule has 0 spiro atoms. The Hall–Kier alpha value is -1.36. The number of imidazole rings is 1. The Bertz CT molecular complexity index is 644. The van der Waals surface area contributed by atoms with Gasteiger partial charge in [-0.25, -0.2) is 4.98 Å². The van der Waals surface area contributed by atoms with E-state index in [2.05, 4.69) is 28.6 Å². The number of aryl methyl sites for hydroxylation is 1. The van der Waals surface area contributed by atoms with E-state index in [1.54, 1.807) is 0 Å². The van der Waals surface area contributed by atoms with Crippen LogP contribution in [0.25, 0.3) is 0 Å². The molecular weight excluding hydrogens is 308 g/mol. The molecule has 23 heavy (non-hydrogen) atoms. The van der Waals surface area contributed by atoms with Crippen LogP contribution in [-0.4, -0.2) is 22.1 Å². The summed E-state index contributed by atoms with van der Waals surface area (Å²) < 4.78 is 1.98. The quantitative estimate of drug-likeness (QED) is 0.885. The van der Waals surface area contributed by atoms with Crippen LogP contribution in [0.4, 0.5) is 0 Å². The van der Waals surface area contributed by atoms with Crippen molar-refractivity contribution in [2.45, 2.75) is 43.7 Å². The largest absolute Gasteiger partial charge is 0.340 e. The van der Waals surface area contributed by atoms with Crippen molar-refractivity contribution in [2.75, 3.05) is 6.54 Å². The fraction of sp³-hybridized carbons (Fsp3) is 0.500. The van der Waals surface area contributed by atoms with Gasteiger partial charge in [-0.1, -0.05) is 23.7 Å². The molecule has 1 aromatic carbocycles. The first-order valence-electron chi connectivity index (χ1n) is 8.28. The molecule has 2 aromatic rings. The minimum Gasteiger partial charge on any atom is -0.340 e. The minimum absolute atomic E-state index is 0.0775. The van der Waals surface area contributed by atoms with Crippen molar-refractivity contribution in [3.05, 3.63) is 53.1 Å². The number of halogens is 1. The molecule has 124 valence electrons. The lowest BCUT2D eigenvalue weighted by atomic mass is 9.68. The fourth-order valence-electron chi connectivity index (χ4n) is 3.61. The van der Waals surface area contributed by atoms with Gasteiger partial charge in [0.2, 0.25) is 0 Å². The molecule has 0 aliphatic heterocycles. The summed E-state index contributed by atoms with van der Waals surface area (Å²) in [5.74, 6) is 0. The highest BCUT2D eigenvalue weighted by molar-refractivity contribution is 6.30. The average molecular weight is 333 g/mol. The Morgan fingerprint density at radius 3 is 2.78 bits per heavy atom. The molecule has 1 heterocycles. The van der Waals surface area contributed by atoms with E-state index in [1.807, 2.05) is 30.1 Å². The van der Waals surface area contributed by atoms with E-state index in [-0.39, 0.29) is 5.41 Å². The highest BCUT2D eigenvalue weighted by Gasteiger charge is 2.35. The van der Waals surface area contributed by atoms with Gasteiger partial charge < -0.3 is 15.6 Å². The van der Waals surface area contributed by atoms with E-state index in [0.717, 1.165) is 42.9 Å². The molecule has 1 aromatic heterocycles. The summed E-state index contributed by atoms with van der Waals surface area (Å²) in [6.07, 6.45) is 8.38. The second-order valence-corrected chi connectivity index (χ2v) is 7.12. The Balaban J connectivity index is 1.59. The highest BCUT2D eigenvalue weighted by Crippen LogP contribution is 2.39. The van der Waals surface area contributed by atoms with Gasteiger partial charge in [-0.3, -0.25) is 0 Å². The molecule has 0 amide bonds. The maximum Gasteiger partial charge on any atom is 0.0947 e. The third-order valence-electron chi connectivity index (χ3n) is 5.10. The third kappa shape index (κ3) is 3.77. The molecule has 1 aliphatic carbocycles. The zero-order chi connectivity index (χ0) is 16.3. The standard InChI is InChI=1S/C18H25ClN4/c1-23-11-17(22-13-23)10-21-16-5-7-18(12-20,8-6-16)14-3-2-4-15(19)9-14/h2-4,9,11,13,16,21H,5-8,10,12,20H2,1H3/t16-,18-. The lowest BCUT2D eigenvalue weighted by Gasteiger charge is -2.40. The molecule has 0 radical (unpaired) electrons. The number of hydrogen-bond donors (Lipinski definition) is 2. The van der Waals surface area contributed by atoms with Crippen molar-refractivity contribution in [3.63, 3.8) is 0 Å². The van der Waals surface area contributed by atoms with E-state index >= 15 is 0 Å². The van der Waals surface area contributed by atoms with Gasteiger partial charge in [0.1, 0.15) is 0 Å². The van der Waals surface area contributed by atoms with Crippen LogP contribution in [0.5, 0.6) is 0 Å². The van der Waals surface area contributed by atoms with Crippen LogP contribution in [0.3, 0.4) is 0 Å². The van der Waals surface area contributed by atoms with Gasteiger partial charge in [0.05, 0.1) is 12.0 Å². The van der Waals surface area contributed by atoms with E-state index in [9.17, 15) is 0 Å². The predicted octanol–water partition coefficient (Wildman–Crippen LogP) is 3.00. The van der Waals surface area contributed by atoms with Crippen molar-refractivity contribution in [1.82, 2.24) is 14.9 Å². The molecule has 1 saturated carbocycles. The summed E-state index contributed by atoms with van der Waals surface area (Å²) in [5, 5.41) is 4.43. The number of nitrogens with zero attached hydrogens (tertiary/aromatic N) is 2. The van der Waals surface area contributed by atoms with Crippen LogP contribution in [-0.2, 0) is 19.0 Å². The molecule has 3 N–H and O–H groups in total. The number of aromatic nitrogens is 2. The van der Waals surface area contributed by atoms with Crippen LogP contribution < -0.4 is 11.1 Å². The second-order valence-electron chi connectivity index (χ2n) is 6.68. The van der Waals surface area contributed by atoms with E-state index in [1.165, 1.54) is 5.56 Å². The lowest BCUT2D eigenvalue weighted by Crippen LogP contribution is -2.43. The van der Waals surface area contributed by atoms with Gasteiger partial charge >= 0.3 is 0 Å². The summed E-state index contributed by atoms with van der Waals surface area (Å²) in [6, 6.07) is 8.74. The van der Waals surface area contributed by atoms with Crippen LogP contribution in [0.2, 0.25) is 5.02 Å². The molecule has 1 aliphatic rings. The molecular formula is C18H25ClN4. The van der Waals surface area contributed by atoms with Gasteiger partial charge in [0.25, 0.3) is 0 Å². The Labute approximate surface area is 143 Å². The SMILES string of the molecule is Cn1cnc(CN[C@H]2CC[C@](CN)(c3cccc(Cl)c3)CC2)c1. The second kappa shape index (κ2) is 7.04. The number of nitrogens with two attached hydrogens (primary N) is 1. The summed E-state index contributed by atoms with van der Waals surface area (Å²) >= 11 is 6.17. The highest BCUT2D eigenvalue weighted by atomic mass is 35.5. The van der Waals surface area contributed by atoms with Crippen molar-refractivity contribution in [1.29, 1.82) is 0 Å². The normalized spacial score (nSPS) is 24.7. The van der Waals surface area contributed by atoms with E-state index in [4.69, 9.17) is 17.3 Å². The van der Waals surface area contributed by atoms with Crippen molar-refractivity contribution in [2.24, 2.45) is 12.8 Å². The minimum atomic E-state index is 0.0775. The van der Waals surface area contributed by atoms with Crippen molar-refractivity contribution in [3.8, 4) is 0 Å². The first kappa shape index (κ1) is 16.5. The van der Waals surface area contributed by atoms with Crippen LogP contribution in [0.1, 0.15) is 36.9 Å². The number of nitrogens with one attached hydrogen (secondary N) is 1. The number of rotatable bonds is 5. The topological polar surface area (TPSA) is 55.9 Å². The van der Waals surface area contributed by atoms with E-state index in [0.29, 0.717) is 12.6 Å². The summed E-state index contributed by atoms with van der Waals surface area (Å²) in [4.78, 5) is 4.37. The van der Waals surface area contributed by atoms with Gasteiger partial charge in [0, 0.05) is 42.8 Å². The van der Waals surface area contributed by atoms with Crippen LogP contribution in [0, 0.1) is 0 Å². The zero-order valence-electron chi connectivity index (χ0n) is 13.6. The summed E-state index contributed by atoms with van der Waals surface area (Å²) in [7, 11) is 2.00. The fourth-order valence-corrected chi connectivity index (χ4v) is 3.80. The molecule has 1 fully saturated rings. The van der Waals surface area contributed by atoms with E-state index < -0.39 is 0 Å². The smallest absolute Gasteiger partial charge is 0.0947 e. The van der Waals surface area contributed by atoms with Gasteiger partial charge in [-0.2, -0.15) is 0 Å². The van der Waals surface area contributed by atoms with Crippen LogP contribution >= 0.6 is 11.6 Å². The first-order valence-corrected chi connectivity index (χ1v) is 8.65. The molecule has 0 unspecified atom stereocenters. The Morgan fingerprint density at radius 1 is 1.39 bits per heavy atom. The molecule has 4 nitrogen and oxygen atoms in total. The zero-order valence-corrected chi connectivity index (χ0v) is 14.4.